The Labute approximate surface area is 132 Å². The Morgan fingerprint density at radius 3 is 0.900 bits per heavy atom. The van der Waals surface area contributed by atoms with E-state index in [4.69, 9.17) is 0 Å². The molecule has 0 amide bonds. The molecule has 0 saturated heterocycles. The minimum Gasteiger partial charge on any atom is -0.0622 e. The maximum absolute atomic E-state index is 2.23. The molecule has 0 bridgehead atoms. The van der Waals surface area contributed by atoms with Gasteiger partial charge in [-0.05, 0) is 23.8 Å². The number of rotatable bonds is 3. The third-order valence-corrected chi connectivity index (χ3v) is 5.49. The van der Waals surface area contributed by atoms with Gasteiger partial charge in [0, 0.05) is 17.1 Å². The maximum Gasteiger partial charge on any atom is 0 e. The molecule has 3 rings (SSSR count). The molecule has 0 N–H and O–H groups in total. The molecule has 0 unspecified atom stereocenters. The zero-order valence-electron chi connectivity index (χ0n) is 11.0. The predicted molar refractivity (Wildman–Crippen MR) is 90.9 cm³/mol. The van der Waals surface area contributed by atoms with Gasteiger partial charge in [-0.1, -0.05) is 91.0 Å². The summed E-state index contributed by atoms with van der Waals surface area (Å²) in [6, 6.07) is 32.3. The van der Waals surface area contributed by atoms with Crippen molar-refractivity contribution in [2.24, 2.45) is 0 Å². The summed E-state index contributed by atoms with van der Waals surface area (Å²) >= 11 is 0. The Morgan fingerprint density at radius 2 is 0.650 bits per heavy atom. The van der Waals surface area contributed by atoms with Gasteiger partial charge in [0.2, 0.25) is 0 Å². The van der Waals surface area contributed by atoms with Crippen molar-refractivity contribution >= 4 is 40.9 Å². The van der Waals surface area contributed by atoms with E-state index in [2.05, 4.69) is 91.0 Å². The van der Waals surface area contributed by atoms with E-state index >= 15 is 0 Å². The van der Waals surface area contributed by atoms with Crippen molar-refractivity contribution in [2.45, 2.75) is 0 Å². The summed E-state index contributed by atoms with van der Waals surface area (Å²) in [5.41, 5.74) is 0. The quantitative estimate of drug-likeness (QED) is 0.507. The van der Waals surface area contributed by atoms with Crippen molar-refractivity contribution in [1.29, 1.82) is 0 Å². The van der Waals surface area contributed by atoms with Crippen LogP contribution in [0.1, 0.15) is 0 Å². The number of benzene rings is 3. The fourth-order valence-electron chi connectivity index (χ4n) is 2.18. The van der Waals surface area contributed by atoms with Gasteiger partial charge in [0.05, 0.1) is 0 Å². The zero-order valence-corrected chi connectivity index (χ0v) is 13.6. The van der Waals surface area contributed by atoms with Crippen LogP contribution in [-0.4, -0.2) is 17.1 Å². The molecule has 0 aliphatic carbocycles. The van der Waals surface area contributed by atoms with Crippen molar-refractivity contribution in [2.75, 3.05) is 0 Å². The van der Waals surface area contributed by atoms with E-state index in [-0.39, 0.29) is 17.1 Å². The molecular formula is C18H15PSe. The second-order valence-corrected chi connectivity index (χ2v) is 6.56. The first-order valence-electron chi connectivity index (χ1n) is 6.40. The van der Waals surface area contributed by atoms with Gasteiger partial charge in [-0.3, -0.25) is 0 Å². The van der Waals surface area contributed by atoms with Gasteiger partial charge in [0.1, 0.15) is 0 Å². The van der Waals surface area contributed by atoms with Gasteiger partial charge in [0.15, 0.2) is 0 Å². The molecule has 2 heteroatoms. The molecular weight excluding hydrogens is 326 g/mol. The second kappa shape index (κ2) is 7.41. The summed E-state index contributed by atoms with van der Waals surface area (Å²) in [4.78, 5) is 0. The summed E-state index contributed by atoms with van der Waals surface area (Å²) in [5, 5.41) is 4.19. The van der Waals surface area contributed by atoms with Crippen molar-refractivity contribution in [3.8, 4) is 0 Å². The Balaban J connectivity index is 0.00000147. The Morgan fingerprint density at radius 1 is 0.400 bits per heavy atom. The number of hydrogen-bond donors (Lipinski definition) is 0. The van der Waals surface area contributed by atoms with Crippen LogP contribution in [0.4, 0.5) is 0 Å². The molecule has 0 atom stereocenters. The number of hydrogen-bond acceptors (Lipinski definition) is 0. The van der Waals surface area contributed by atoms with E-state index in [1.54, 1.807) is 0 Å². The van der Waals surface area contributed by atoms with Gasteiger partial charge < -0.3 is 0 Å². The van der Waals surface area contributed by atoms with Gasteiger partial charge in [-0.15, -0.1) is 0 Å². The molecule has 98 valence electrons. The maximum atomic E-state index is 2.23. The molecule has 0 heterocycles. The van der Waals surface area contributed by atoms with Crippen LogP contribution in [0.25, 0.3) is 0 Å². The van der Waals surface area contributed by atoms with E-state index in [1.807, 2.05) is 0 Å². The Hall–Kier alpha value is -1.39. The van der Waals surface area contributed by atoms with Crippen LogP contribution in [0.3, 0.4) is 0 Å². The van der Waals surface area contributed by atoms with Crippen molar-refractivity contribution < 1.29 is 0 Å². The standard InChI is InChI=1S/C18H15P.Se/c1-4-10-16(11-5-1)19(17-12-6-2-7-13-17)18-14-8-3-9-15-18;/h1-15H;. The average Bonchev–Trinajstić information content (AvgIpc) is 2.51. The predicted octanol–water partition coefficient (Wildman–Crippen LogP) is 3.06. The monoisotopic (exact) mass is 342 g/mol. The van der Waals surface area contributed by atoms with E-state index in [1.165, 1.54) is 15.9 Å². The van der Waals surface area contributed by atoms with Gasteiger partial charge in [-0.2, -0.15) is 0 Å². The molecule has 0 aliphatic rings. The van der Waals surface area contributed by atoms with E-state index in [0.29, 0.717) is 0 Å². The minimum absolute atomic E-state index is 0. The third-order valence-electron chi connectivity index (χ3n) is 3.04. The van der Waals surface area contributed by atoms with Gasteiger partial charge in [0.25, 0.3) is 0 Å². The Bertz CT molecular complexity index is 529. The summed E-state index contributed by atoms with van der Waals surface area (Å²) in [6.07, 6.45) is 0. The molecule has 0 aliphatic heterocycles. The SMILES string of the molecule is [Se].c1ccc(P(c2ccccc2)c2ccccc2)cc1. The molecule has 0 fully saturated rings. The summed E-state index contributed by atoms with van der Waals surface area (Å²) in [7, 11) is -0.446. The third kappa shape index (κ3) is 3.38. The minimum atomic E-state index is -0.446. The Kier molecular flexibility index (Phi) is 5.56. The summed E-state index contributed by atoms with van der Waals surface area (Å²) < 4.78 is 0. The van der Waals surface area contributed by atoms with Gasteiger partial charge in [-0.25, -0.2) is 0 Å². The molecule has 0 aromatic heterocycles. The first-order valence-corrected chi connectivity index (χ1v) is 7.74. The van der Waals surface area contributed by atoms with Crippen LogP contribution in [0.2, 0.25) is 0 Å². The van der Waals surface area contributed by atoms with Crippen LogP contribution in [-0.2, 0) is 0 Å². The fraction of sp³-hybridized carbons (Fsp3) is 0. The van der Waals surface area contributed by atoms with Crippen LogP contribution < -0.4 is 15.9 Å². The first kappa shape index (κ1) is 15.0. The van der Waals surface area contributed by atoms with E-state index in [0.717, 1.165) is 0 Å². The van der Waals surface area contributed by atoms with Crippen molar-refractivity contribution in [3.05, 3.63) is 91.0 Å². The smallest absolute Gasteiger partial charge is 0 e. The van der Waals surface area contributed by atoms with Gasteiger partial charge >= 0.3 is 0 Å². The van der Waals surface area contributed by atoms with E-state index < -0.39 is 7.92 Å². The fourth-order valence-corrected chi connectivity index (χ4v) is 4.48. The normalized spacial score (nSPS) is 10.1. The molecule has 3 aromatic rings. The average molecular weight is 341 g/mol. The van der Waals surface area contributed by atoms with Crippen LogP contribution >= 0.6 is 7.92 Å². The molecule has 0 spiro atoms. The largest absolute Gasteiger partial charge is 0.0622 e. The molecule has 20 heavy (non-hydrogen) atoms. The van der Waals surface area contributed by atoms with Crippen molar-refractivity contribution in [1.82, 2.24) is 0 Å². The first-order chi connectivity index (χ1) is 9.45. The summed E-state index contributed by atoms with van der Waals surface area (Å²) in [6.45, 7) is 0. The van der Waals surface area contributed by atoms with Crippen LogP contribution in [0.15, 0.2) is 91.0 Å². The van der Waals surface area contributed by atoms with E-state index in [9.17, 15) is 0 Å². The van der Waals surface area contributed by atoms with Crippen molar-refractivity contribution in [3.63, 3.8) is 0 Å². The van der Waals surface area contributed by atoms with Crippen LogP contribution in [0, 0.1) is 0 Å². The summed E-state index contributed by atoms with van der Waals surface area (Å²) in [5.74, 6) is 0. The second-order valence-electron chi connectivity index (χ2n) is 4.34. The molecule has 3 aromatic carbocycles. The molecule has 0 nitrogen and oxygen atoms in total. The molecule has 2 radical (unpaired) electrons. The van der Waals surface area contributed by atoms with Crippen LogP contribution in [0.5, 0.6) is 0 Å². The zero-order chi connectivity index (χ0) is 12.9. The topological polar surface area (TPSA) is 0 Å². The molecule has 0 saturated carbocycles.